The van der Waals surface area contributed by atoms with Crippen molar-refractivity contribution in [3.05, 3.63) is 156 Å². The highest BCUT2D eigenvalue weighted by molar-refractivity contribution is 5.98. The Balaban J connectivity index is 1.10. The zero-order valence-electron chi connectivity index (χ0n) is 26.3. The monoisotopic (exact) mass is 623 g/mol. The van der Waals surface area contributed by atoms with E-state index in [4.69, 9.17) is 9.94 Å². The molecule has 6 rings (SSSR count). The van der Waals surface area contributed by atoms with E-state index in [1.807, 2.05) is 71.6 Å². The number of carbonyl (C=O) groups is 2. The first-order chi connectivity index (χ1) is 23.0. The summed E-state index contributed by atoms with van der Waals surface area (Å²) in [5.41, 5.74) is 8.89. The quantitative estimate of drug-likeness (QED) is 0.130. The van der Waals surface area contributed by atoms with Crippen LogP contribution < -0.4 is 0 Å². The summed E-state index contributed by atoms with van der Waals surface area (Å²) in [5.74, 6) is -1.00. The summed E-state index contributed by atoms with van der Waals surface area (Å²) in [7, 11) is 0. The Hall–Kier alpha value is -5.53. The molecule has 0 aliphatic carbocycles. The van der Waals surface area contributed by atoms with Crippen molar-refractivity contribution in [2.24, 2.45) is 5.16 Å². The number of aliphatic carboxylic acids is 1. The summed E-state index contributed by atoms with van der Waals surface area (Å²) in [6.07, 6.45) is 0. The van der Waals surface area contributed by atoms with Crippen LogP contribution in [0, 0.1) is 0 Å². The van der Waals surface area contributed by atoms with Crippen molar-refractivity contribution >= 4 is 17.6 Å². The molecule has 0 aromatic heterocycles. The van der Waals surface area contributed by atoms with Gasteiger partial charge in [0.05, 0.1) is 11.8 Å². The maximum atomic E-state index is 13.5. The largest absolute Gasteiger partial charge is 0.479 e. The van der Waals surface area contributed by atoms with Gasteiger partial charge in [-0.15, -0.1) is 0 Å². The predicted octanol–water partition coefficient (Wildman–Crippen LogP) is 7.39. The second kappa shape index (κ2) is 14.7. The van der Waals surface area contributed by atoms with E-state index in [2.05, 4.69) is 76.8 Å². The Morgan fingerprint density at radius 2 is 1.17 bits per heavy atom. The van der Waals surface area contributed by atoms with E-state index >= 15 is 0 Å². The normalized spacial score (nSPS) is 13.8. The molecule has 1 saturated heterocycles. The van der Waals surface area contributed by atoms with Crippen LogP contribution in [0.3, 0.4) is 0 Å². The van der Waals surface area contributed by atoms with Crippen molar-refractivity contribution < 1.29 is 19.5 Å². The summed E-state index contributed by atoms with van der Waals surface area (Å²) < 4.78 is 0. The lowest BCUT2D eigenvalue weighted by Gasteiger charge is -2.39. The molecule has 1 fully saturated rings. The van der Waals surface area contributed by atoms with Crippen molar-refractivity contribution in [1.29, 1.82) is 0 Å². The molecular formula is C40H37N3O4. The summed E-state index contributed by atoms with van der Waals surface area (Å²) in [6.45, 7) is 4.27. The molecule has 236 valence electrons. The standard InChI is InChI=1S/C40H37N3O4/c1-29(41-47-28-38(44)45)30-15-17-31(18-16-30)36-13-8-14-37(27-36)32-19-21-35(22-20-32)40(46)43-25-23-42(24-26-43)39(33-9-4-2-5-10-33)34-11-6-3-7-12-34/h2-22,27,39H,23-26,28H2,1H3,(H,44,45)/b41-29+. The Bertz CT molecular complexity index is 1790. The van der Waals surface area contributed by atoms with Crippen molar-refractivity contribution in [1.82, 2.24) is 9.80 Å². The van der Waals surface area contributed by atoms with Crippen molar-refractivity contribution in [2.75, 3.05) is 32.8 Å². The summed E-state index contributed by atoms with van der Waals surface area (Å²) in [4.78, 5) is 33.5. The van der Waals surface area contributed by atoms with E-state index in [9.17, 15) is 9.59 Å². The lowest BCUT2D eigenvalue weighted by Crippen LogP contribution is -2.49. The second-order valence-corrected chi connectivity index (χ2v) is 11.6. The van der Waals surface area contributed by atoms with Crippen molar-refractivity contribution in [2.45, 2.75) is 13.0 Å². The Labute approximate surface area is 275 Å². The van der Waals surface area contributed by atoms with E-state index in [1.165, 1.54) is 11.1 Å². The van der Waals surface area contributed by atoms with E-state index < -0.39 is 12.6 Å². The SMILES string of the molecule is C/C(=N\OCC(=O)O)c1ccc(-c2cccc(-c3ccc(C(=O)N4CCN(C(c5ccccc5)c5ccccc5)CC4)cc3)c2)cc1. The van der Waals surface area contributed by atoms with Crippen LogP contribution in [-0.4, -0.2) is 65.3 Å². The fourth-order valence-electron chi connectivity index (χ4n) is 6.08. The van der Waals surface area contributed by atoms with Gasteiger partial charge < -0.3 is 14.8 Å². The van der Waals surface area contributed by atoms with Gasteiger partial charge in [0.1, 0.15) is 0 Å². The van der Waals surface area contributed by atoms with Crippen LogP contribution >= 0.6 is 0 Å². The van der Waals surface area contributed by atoms with Gasteiger partial charge in [0, 0.05) is 31.7 Å². The lowest BCUT2D eigenvalue weighted by atomic mass is 9.96. The smallest absolute Gasteiger partial charge is 0.344 e. The maximum absolute atomic E-state index is 13.5. The molecule has 47 heavy (non-hydrogen) atoms. The highest BCUT2D eigenvalue weighted by atomic mass is 16.6. The topological polar surface area (TPSA) is 82.4 Å². The predicted molar refractivity (Wildman–Crippen MR) is 185 cm³/mol. The number of carboxylic acids is 1. The van der Waals surface area contributed by atoms with Gasteiger partial charge in [-0.1, -0.05) is 120 Å². The third-order valence-corrected chi connectivity index (χ3v) is 8.55. The van der Waals surface area contributed by atoms with Crippen LogP contribution in [0.4, 0.5) is 0 Å². The third kappa shape index (κ3) is 7.65. The number of benzene rings is 5. The van der Waals surface area contributed by atoms with Crippen LogP contribution in [0.1, 0.15) is 40.0 Å². The Morgan fingerprint density at radius 3 is 1.68 bits per heavy atom. The van der Waals surface area contributed by atoms with Crippen LogP contribution in [0.15, 0.2) is 139 Å². The van der Waals surface area contributed by atoms with Gasteiger partial charge in [-0.2, -0.15) is 0 Å². The minimum atomic E-state index is -1.07. The first-order valence-corrected chi connectivity index (χ1v) is 15.8. The van der Waals surface area contributed by atoms with Gasteiger partial charge in [-0.3, -0.25) is 9.69 Å². The molecule has 1 heterocycles. The molecule has 7 heteroatoms. The molecule has 0 spiro atoms. The van der Waals surface area contributed by atoms with Crippen LogP contribution in [0.25, 0.3) is 22.3 Å². The van der Waals surface area contributed by atoms with Gasteiger partial charge in [-0.25, -0.2) is 4.79 Å². The number of carboxylic acid groups (broad SMARTS) is 1. The minimum absolute atomic E-state index is 0.0632. The fourth-order valence-corrected chi connectivity index (χ4v) is 6.08. The maximum Gasteiger partial charge on any atom is 0.344 e. The molecule has 7 nitrogen and oxygen atoms in total. The Kier molecular flexibility index (Phi) is 9.84. The molecule has 1 aliphatic rings. The van der Waals surface area contributed by atoms with Crippen molar-refractivity contribution in [3.8, 4) is 22.3 Å². The van der Waals surface area contributed by atoms with E-state index in [-0.39, 0.29) is 11.9 Å². The third-order valence-electron chi connectivity index (χ3n) is 8.55. The molecule has 1 amide bonds. The molecule has 0 unspecified atom stereocenters. The van der Waals surface area contributed by atoms with E-state index in [0.717, 1.165) is 40.9 Å². The molecule has 0 radical (unpaired) electrons. The van der Waals surface area contributed by atoms with E-state index in [0.29, 0.717) is 24.4 Å². The van der Waals surface area contributed by atoms with Gasteiger partial charge in [0.15, 0.2) is 0 Å². The molecule has 1 N–H and O–H groups in total. The van der Waals surface area contributed by atoms with Gasteiger partial charge in [-0.05, 0) is 64.1 Å². The fraction of sp³-hybridized carbons (Fsp3) is 0.175. The summed E-state index contributed by atoms with van der Waals surface area (Å²) in [6, 6.07) is 45.4. The van der Waals surface area contributed by atoms with Crippen LogP contribution in [-0.2, 0) is 9.63 Å². The molecule has 0 saturated carbocycles. The minimum Gasteiger partial charge on any atom is -0.479 e. The number of oxime groups is 1. The molecule has 1 aliphatic heterocycles. The molecule has 0 atom stereocenters. The van der Waals surface area contributed by atoms with Gasteiger partial charge in [0.2, 0.25) is 6.61 Å². The number of hydrogen-bond donors (Lipinski definition) is 1. The lowest BCUT2D eigenvalue weighted by molar-refractivity contribution is -0.142. The Morgan fingerprint density at radius 1 is 0.660 bits per heavy atom. The number of nitrogens with zero attached hydrogens (tertiary/aromatic N) is 3. The zero-order valence-corrected chi connectivity index (χ0v) is 26.3. The van der Waals surface area contributed by atoms with Crippen LogP contribution in [0.5, 0.6) is 0 Å². The first-order valence-electron chi connectivity index (χ1n) is 15.8. The summed E-state index contributed by atoms with van der Waals surface area (Å²) >= 11 is 0. The van der Waals surface area contributed by atoms with Gasteiger partial charge >= 0.3 is 5.97 Å². The highest BCUT2D eigenvalue weighted by Crippen LogP contribution is 2.30. The number of rotatable bonds is 10. The number of carbonyl (C=O) groups excluding carboxylic acids is 1. The second-order valence-electron chi connectivity index (χ2n) is 11.6. The molecule has 5 aromatic rings. The zero-order chi connectivity index (χ0) is 32.6. The first kappa shape index (κ1) is 31.5. The average molecular weight is 624 g/mol. The molecular weight excluding hydrogens is 586 g/mol. The number of piperazine rings is 1. The van der Waals surface area contributed by atoms with Crippen LogP contribution in [0.2, 0.25) is 0 Å². The number of hydrogen-bond acceptors (Lipinski definition) is 5. The average Bonchev–Trinajstić information content (AvgIpc) is 3.13. The molecule has 5 aromatic carbocycles. The molecule has 0 bridgehead atoms. The highest BCUT2D eigenvalue weighted by Gasteiger charge is 2.28. The van der Waals surface area contributed by atoms with Gasteiger partial charge in [0.25, 0.3) is 5.91 Å². The number of amides is 1. The van der Waals surface area contributed by atoms with Crippen molar-refractivity contribution in [3.63, 3.8) is 0 Å². The summed E-state index contributed by atoms with van der Waals surface area (Å²) in [5, 5.41) is 12.6. The van der Waals surface area contributed by atoms with E-state index in [1.54, 1.807) is 6.92 Å².